The van der Waals surface area contributed by atoms with Gasteiger partial charge in [0.25, 0.3) is 0 Å². The lowest BCUT2D eigenvalue weighted by Crippen LogP contribution is -2.46. The first-order valence-electron chi connectivity index (χ1n) is 7.16. The molecule has 0 aromatic carbocycles. The van der Waals surface area contributed by atoms with Crippen LogP contribution in [0.15, 0.2) is 0 Å². The van der Waals surface area contributed by atoms with Crippen molar-refractivity contribution in [3.63, 3.8) is 0 Å². The van der Waals surface area contributed by atoms with Crippen LogP contribution in [0, 0.1) is 11.8 Å². The normalized spacial score (nSPS) is 22.3. The molecule has 4 heteroatoms. The fourth-order valence-corrected chi connectivity index (χ4v) is 2.50. The fourth-order valence-electron chi connectivity index (χ4n) is 2.50. The van der Waals surface area contributed by atoms with E-state index in [4.69, 9.17) is 10.5 Å². The third kappa shape index (κ3) is 4.94. The molecule has 18 heavy (non-hydrogen) atoms. The molecular formula is C14H28N2O2. The molecule has 1 saturated heterocycles. The van der Waals surface area contributed by atoms with Gasteiger partial charge in [-0.15, -0.1) is 0 Å². The van der Waals surface area contributed by atoms with Crippen LogP contribution in [0.4, 0.5) is 0 Å². The number of hydrogen-bond donors (Lipinski definition) is 1. The summed E-state index contributed by atoms with van der Waals surface area (Å²) in [5.41, 5.74) is 5.76. The van der Waals surface area contributed by atoms with Crippen molar-refractivity contribution in [2.24, 2.45) is 17.6 Å². The molecule has 1 amide bonds. The highest BCUT2D eigenvalue weighted by Crippen LogP contribution is 2.17. The molecular weight excluding hydrogens is 228 g/mol. The van der Waals surface area contributed by atoms with E-state index in [1.165, 1.54) is 0 Å². The number of hydrogen-bond acceptors (Lipinski definition) is 3. The van der Waals surface area contributed by atoms with Crippen LogP contribution in [-0.4, -0.2) is 43.2 Å². The maximum Gasteiger partial charge on any atom is 0.223 e. The van der Waals surface area contributed by atoms with Crippen LogP contribution in [0.3, 0.4) is 0 Å². The van der Waals surface area contributed by atoms with E-state index in [0.29, 0.717) is 31.4 Å². The molecule has 0 saturated carbocycles. The third-order valence-electron chi connectivity index (χ3n) is 3.55. The van der Waals surface area contributed by atoms with Gasteiger partial charge >= 0.3 is 0 Å². The van der Waals surface area contributed by atoms with Gasteiger partial charge in [-0.2, -0.15) is 0 Å². The molecule has 1 unspecified atom stereocenters. The van der Waals surface area contributed by atoms with Gasteiger partial charge in [0.15, 0.2) is 0 Å². The summed E-state index contributed by atoms with van der Waals surface area (Å²) in [6.07, 6.45) is 2.80. The average molecular weight is 256 g/mol. The number of nitrogens with two attached hydrogens (primary N) is 1. The Morgan fingerprint density at radius 3 is 2.78 bits per heavy atom. The lowest BCUT2D eigenvalue weighted by molar-refractivity contribution is -0.139. The Labute approximate surface area is 111 Å². The Bertz CT molecular complexity index is 256. The van der Waals surface area contributed by atoms with Crippen molar-refractivity contribution in [3.8, 4) is 0 Å². The monoisotopic (exact) mass is 256 g/mol. The van der Waals surface area contributed by atoms with E-state index < -0.39 is 0 Å². The Morgan fingerprint density at radius 2 is 2.22 bits per heavy atom. The zero-order valence-electron chi connectivity index (χ0n) is 12.0. The minimum absolute atomic E-state index is 0.212. The van der Waals surface area contributed by atoms with Gasteiger partial charge in [-0.25, -0.2) is 0 Å². The Kier molecular flexibility index (Phi) is 6.65. The first kappa shape index (κ1) is 15.4. The maximum atomic E-state index is 12.2. The topological polar surface area (TPSA) is 55.6 Å². The molecule has 0 radical (unpaired) electrons. The minimum Gasteiger partial charge on any atom is -0.375 e. The summed E-state index contributed by atoms with van der Waals surface area (Å²) in [4.78, 5) is 14.2. The van der Waals surface area contributed by atoms with E-state index in [2.05, 4.69) is 20.8 Å². The molecule has 1 aliphatic rings. The number of amides is 1. The summed E-state index contributed by atoms with van der Waals surface area (Å²) < 4.78 is 5.58. The molecule has 0 spiro atoms. The molecule has 4 nitrogen and oxygen atoms in total. The number of rotatable bonds is 6. The summed E-state index contributed by atoms with van der Waals surface area (Å²) >= 11 is 0. The fraction of sp³-hybridized carbons (Fsp3) is 0.929. The van der Waals surface area contributed by atoms with Gasteiger partial charge in [0, 0.05) is 19.5 Å². The van der Waals surface area contributed by atoms with Gasteiger partial charge < -0.3 is 15.4 Å². The van der Waals surface area contributed by atoms with Crippen molar-refractivity contribution in [1.82, 2.24) is 4.90 Å². The predicted octanol–water partition coefficient (Wildman–Crippen LogP) is 1.63. The van der Waals surface area contributed by atoms with Crippen LogP contribution in [-0.2, 0) is 9.53 Å². The third-order valence-corrected chi connectivity index (χ3v) is 3.55. The molecule has 0 aromatic rings. The zero-order chi connectivity index (χ0) is 13.5. The summed E-state index contributed by atoms with van der Waals surface area (Å²) in [5.74, 6) is 1.16. The van der Waals surface area contributed by atoms with Crippen LogP contribution in [0.1, 0.15) is 40.0 Å². The van der Waals surface area contributed by atoms with Crippen LogP contribution in [0.5, 0.6) is 0 Å². The second-order valence-corrected chi connectivity index (χ2v) is 5.68. The molecule has 1 fully saturated rings. The van der Waals surface area contributed by atoms with Crippen LogP contribution >= 0.6 is 0 Å². The highest BCUT2D eigenvalue weighted by molar-refractivity contribution is 5.76. The molecule has 1 aliphatic heterocycles. The number of carbonyl (C=O) groups excluding carboxylic acids is 1. The van der Waals surface area contributed by atoms with Crippen molar-refractivity contribution in [2.75, 3.05) is 26.2 Å². The zero-order valence-corrected chi connectivity index (χ0v) is 12.0. The number of ether oxygens (including phenoxy) is 1. The van der Waals surface area contributed by atoms with Crippen molar-refractivity contribution in [3.05, 3.63) is 0 Å². The van der Waals surface area contributed by atoms with E-state index in [1.54, 1.807) is 0 Å². The number of nitrogens with zero attached hydrogens (tertiary/aromatic N) is 1. The van der Waals surface area contributed by atoms with E-state index in [0.717, 1.165) is 25.9 Å². The average Bonchev–Trinajstić information content (AvgIpc) is 2.37. The number of morpholine rings is 1. The summed E-state index contributed by atoms with van der Waals surface area (Å²) in [6, 6.07) is 0. The molecule has 106 valence electrons. The van der Waals surface area contributed by atoms with E-state index >= 15 is 0 Å². The van der Waals surface area contributed by atoms with Crippen molar-refractivity contribution < 1.29 is 9.53 Å². The Morgan fingerprint density at radius 1 is 1.50 bits per heavy atom. The Hall–Kier alpha value is -0.610. The maximum absolute atomic E-state index is 12.2. The van der Waals surface area contributed by atoms with Crippen LogP contribution in [0.25, 0.3) is 0 Å². The lowest BCUT2D eigenvalue weighted by Gasteiger charge is -2.33. The summed E-state index contributed by atoms with van der Waals surface area (Å²) in [7, 11) is 0. The van der Waals surface area contributed by atoms with E-state index in [9.17, 15) is 4.79 Å². The second-order valence-electron chi connectivity index (χ2n) is 5.68. The van der Waals surface area contributed by atoms with Gasteiger partial charge in [0.2, 0.25) is 5.91 Å². The van der Waals surface area contributed by atoms with Gasteiger partial charge in [0.1, 0.15) is 0 Å². The highest BCUT2D eigenvalue weighted by atomic mass is 16.5. The summed E-state index contributed by atoms with van der Waals surface area (Å²) in [5, 5.41) is 0. The minimum atomic E-state index is 0.212. The first-order chi connectivity index (χ1) is 8.56. The van der Waals surface area contributed by atoms with E-state index in [-0.39, 0.29) is 12.0 Å². The van der Waals surface area contributed by atoms with Crippen LogP contribution in [0.2, 0.25) is 0 Å². The molecule has 1 rings (SSSR count). The largest absolute Gasteiger partial charge is 0.375 e. The SMILES string of the molecule is CCC1CN(C(=O)C[C@@H](CN)CC(C)C)CCO1. The lowest BCUT2D eigenvalue weighted by atomic mass is 9.93. The molecule has 2 atom stereocenters. The van der Waals surface area contributed by atoms with Crippen molar-refractivity contribution >= 4 is 5.91 Å². The quantitative estimate of drug-likeness (QED) is 0.786. The standard InChI is InChI=1S/C14H28N2O2/c1-4-13-10-16(5-6-18-13)14(17)8-12(9-15)7-11(2)3/h11-13H,4-10,15H2,1-3H3/t12-,13?/m0/s1. The highest BCUT2D eigenvalue weighted by Gasteiger charge is 2.24. The molecule has 1 heterocycles. The van der Waals surface area contributed by atoms with Crippen molar-refractivity contribution in [1.29, 1.82) is 0 Å². The molecule has 0 aliphatic carbocycles. The number of carbonyl (C=O) groups is 1. The second kappa shape index (κ2) is 7.74. The molecule has 0 aromatic heterocycles. The smallest absolute Gasteiger partial charge is 0.223 e. The van der Waals surface area contributed by atoms with Gasteiger partial charge in [0.05, 0.1) is 12.7 Å². The molecule has 0 bridgehead atoms. The molecule has 2 N–H and O–H groups in total. The van der Waals surface area contributed by atoms with Crippen LogP contribution < -0.4 is 5.73 Å². The summed E-state index contributed by atoms with van der Waals surface area (Å²) in [6.45, 7) is 9.19. The van der Waals surface area contributed by atoms with Crippen molar-refractivity contribution in [2.45, 2.75) is 46.1 Å². The Balaban J connectivity index is 2.42. The van der Waals surface area contributed by atoms with E-state index in [1.807, 2.05) is 4.90 Å². The van der Waals surface area contributed by atoms with Gasteiger partial charge in [-0.1, -0.05) is 20.8 Å². The van der Waals surface area contributed by atoms with Gasteiger partial charge in [-0.3, -0.25) is 4.79 Å². The first-order valence-corrected chi connectivity index (χ1v) is 7.16. The van der Waals surface area contributed by atoms with Gasteiger partial charge in [-0.05, 0) is 31.2 Å². The predicted molar refractivity (Wildman–Crippen MR) is 73.2 cm³/mol.